The van der Waals surface area contributed by atoms with E-state index in [2.05, 4.69) is 53.8 Å². The van der Waals surface area contributed by atoms with Gasteiger partial charge in [-0.25, -0.2) is 0 Å². The first kappa shape index (κ1) is 27.8. The number of hydrogen-bond donors (Lipinski definition) is 2. The predicted octanol–water partition coefficient (Wildman–Crippen LogP) is 6.10. The largest absolute Gasteiger partial charge is 0.494 e. The van der Waals surface area contributed by atoms with Crippen LogP contribution in [0.5, 0.6) is 0 Å². The van der Waals surface area contributed by atoms with Gasteiger partial charge in [0, 0.05) is 5.54 Å². The summed E-state index contributed by atoms with van der Waals surface area (Å²) in [6, 6.07) is 5.92. The number of nitrogen functional groups attached to an aromatic ring is 1. The summed E-state index contributed by atoms with van der Waals surface area (Å²) in [6.45, 7) is 27.5. The molecule has 0 bridgehead atoms. The lowest BCUT2D eigenvalue weighted by atomic mass is 9.78. The van der Waals surface area contributed by atoms with Crippen LogP contribution in [0.3, 0.4) is 0 Å². The SMILES string of the molecule is CC.CC(C)(C)Nc1ccc(B2OC(C)(C)C(C)(C)O2)cc1N.CC(C)C(C)C. The Morgan fingerprint density at radius 2 is 1.31 bits per heavy atom. The average Bonchev–Trinajstić information content (AvgIpc) is 2.78. The highest BCUT2D eigenvalue weighted by Crippen LogP contribution is 2.36. The molecule has 29 heavy (non-hydrogen) atoms. The maximum atomic E-state index is 6.16. The number of benzene rings is 1. The molecule has 1 aliphatic heterocycles. The Kier molecular flexibility index (Phi) is 10.3. The summed E-state index contributed by atoms with van der Waals surface area (Å²) < 4.78 is 12.1. The van der Waals surface area contributed by atoms with E-state index in [9.17, 15) is 0 Å². The first-order valence-electron chi connectivity index (χ1n) is 11.1. The van der Waals surface area contributed by atoms with Crippen molar-refractivity contribution >= 4 is 24.0 Å². The molecule has 0 amide bonds. The van der Waals surface area contributed by atoms with Crippen LogP contribution >= 0.6 is 0 Å². The Morgan fingerprint density at radius 3 is 1.62 bits per heavy atom. The second kappa shape index (κ2) is 10.7. The van der Waals surface area contributed by atoms with Gasteiger partial charge in [0.25, 0.3) is 0 Å². The molecule has 1 aromatic carbocycles. The minimum absolute atomic E-state index is 0.0278. The zero-order valence-electron chi connectivity index (χ0n) is 21.4. The van der Waals surface area contributed by atoms with Crippen molar-refractivity contribution in [2.45, 2.75) is 107 Å². The Bertz CT molecular complexity index is 598. The number of rotatable bonds is 3. The standard InChI is InChI=1S/C16H27BN2O2.C6H14.C2H6/c1-14(2,3)19-13-9-8-11(10-12(13)18)17-20-15(4,5)16(6,7)21-17;1-5(2)6(3)4;1-2/h8-10,19H,18H2,1-7H3;5-6H,1-4H3;1-2H3. The van der Waals surface area contributed by atoms with Gasteiger partial charge in [-0.3, -0.25) is 0 Å². The summed E-state index contributed by atoms with van der Waals surface area (Å²) >= 11 is 0. The van der Waals surface area contributed by atoms with E-state index in [1.165, 1.54) is 0 Å². The predicted molar refractivity (Wildman–Crippen MR) is 131 cm³/mol. The van der Waals surface area contributed by atoms with Crippen molar-refractivity contribution in [2.24, 2.45) is 11.8 Å². The van der Waals surface area contributed by atoms with E-state index < -0.39 is 0 Å². The first-order chi connectivity index (χ1) is 13.1. The molecule has 1 fully saturated rings. The number of anilines is 2. The van der Waals surface area contributed by atoms with Crippen LogP contribution in [0.1, 0.15) is 90.0 Å². The highest BCUT2D eigenvalue weighted by atomic mass is 16.7. The Labute approximate surface area is 181 Å². The molecule has 4 nitrogen and oxygen atoms in total. The molecule has 0 atom stereocenters. The van der Waals surface area contributed by atoms with Gasteiger partial charge in [-0.2, -0.15) is 0 Å². The van der Waals surface area contributed by atoms with Crippen LogP contribution < -0.4 is 16.5 Å². The van der Waals surface area contributed by atoms with Crippen LogP contribution in [-0.4, -0.2) is 23.9 Å². The van der Waals surface area contributed by atoms with Gasteiger partial charge in [-0.15, -0.1) is 0 Å². The number of nitrogens with one attached hydrogen (secondary N) is 1. The molecule has 0 saturated carbocycles. The topological polar surface area (TPSA) is 56.5 Å². The van der Waals surface area contributed by atoms with Crippen molar-refractivity contribution in [3.05, 3.63) is 18.2 Å². The smallest absolute Gasteiger partial charge is 0.399 e. The Hall–Kier alpha value is -1.20. The molecule has 1 heterocycles. The lowest BCUT2D eigenvalue weighted by Crippen LogP contribution is -2.41. The van der Waals surface area contributed by atoms with E-state index in [4.69, 9.17) is 15.0 Å². The molecular formula is C24H47BN2O2. The van der Waals surface area contributed by atoms with Gasteiger partial charge in [0.05, 0.1) is 22.6 Å². The zero-order valence-corrected chi connectivity index (χ0v) is 21.4. The van der Waals surface area contributed by atoms with Gasteiger partial charge in [0.15, 0.2) is 0 Å². The van der Waals surface area contributed by atoms with E-state index in [-0.39, 0.29) is 23.9 Å². The third kappa shape index (κ3) is 8.59. The second-order valence-corrected chi connectivity index (χ2v) is 10.3. The molecular weight excluding hydrogens is 359 g/mol. The van der Waals surface area contributed by atoms with Crippen molar-refractivity contribution < 1.29 is 9.31 Å². The molecule has 0 radical (unpaired) electrons. The quantitative estimate of drug-likeness (QED) is 0.470. The van der Waals surface area contributed by atoms with Crippen molar-refractivity contribution in [3.8, 4) is 0 Å². The van der Waals surface area contributed by atoms with Crippen LogP contribution in [0.25, 0.3) is 0 Å². The molecule has 3 N–H and O–H groups in total. The van der Waals surface area contributed by atoms with Gasteiger partial charge in [-0.1, -0.05) is 47.6 Å². The lowest BCUT2D eigenvalue weighted by molar-refractivity contribution is 0.00578. The third-order valence-corrected chi connectivity index (χ3v) is 5.44. The lowest BCUT2D eigenvalue weighted by Gasteiger charge is -2.32. The maximum Gasteiger partial charge on any atom is 0.494 e. The van der Waals surface area contributed by atoms with E-state index in [0.29, 0.717) is 5.69 Å². The summed E-state index contributed by atoms with van der Waals surface area (Å²) in [4.78, 5) is 0. The minimum atomic E-state index is -0.374. The van der Waals surface area contributed by atoms with E-state index in [0.717, 1.165) is 23.0 Å². The summed E-state index contributed by atoms with van der Waals surface area (Å²) in [7, 11) is -0.374. The van der Waals surface area contributed by atoms with Crippen LogP contribution in [0.2, 0.25) is 0 Å². The van der Waals surface area contributed by atoms with E-state index in [1.54, 1.807) is 0 Å². The van der Waals surface area contributed by atoms with Crippen LogP contribution in [0.15, 0.2) is 18.2 Å². The molecule has 0 aliphatic carbocycles. The number of hydrogen-bond acceptors (Lipinski definition) is 4. The summed E-state index contributed by atoms with van der Waals surface area (Å²) in [5, 5.41) is 3.39. The molecule has 1 aromatic rings. The second-order valence-electron chi connectivity index (χ2n) is 10.3. The Balaban J connectivity index is 0.000000841. The molecule has 0 spiro atoms. The Morgan fingerprint density at radius 1 is 0.897 bits per heavy atom. The molecule has 5 heteroatoms. The average molecular weight is 406 g/mol. The molecule has 168 valence electrons. The maximum absolute atomic E-state index is 6.16. The van der Waals surface area contributed by atoms with Crippen molar-refractivity contribution in [3.63, 3.8) is 0 Å². The fourth-order valence-electron chi connectivity index (χ4n) is 2.22. The van der Waals surface area contributed by atoms with E-state index >= 15 is 0 Å². The molecule has 0 unspecified atom stereocenters. The summed E-state index contributed by atoms with van der Waals surface area (Å²) in [5.41, 5.74) is 8.04. The van der Waals surface area contributed by atoms with Crippen molar-refractivity contribution in [2.75, 3.05) is 11.1 Å². The van der Waals surface area contributed by atoms with Gasteiger partial charge in [-0.05, 0) is 77.9 Å². The third-order valence-electron chi connectivity index (χ3n) is 5.44. The van der Waals surface area contributed by atoms with Crippen LogP contribution in [-0.2, 0) is 9.31 Å². The normalized spacial score (nSPS) is 17.4. The molecule has 2 rings (SSSR count). The zero-order chi connectivity index (χ0) is 23.2. The van der Waals surface area contributed by atoms with E-state index in [1.807, 2.05) is 59.7 Å². The summed E-state index contributed by atoms with van der Waals surface area (Å²) in [5.74, 6) is 1.70. The first-order valence-corrected chi connectivity index (χ1v) is 11.1. The van der Waals surface area contributed by atoms with Gasteiger partial charge in [0.1, 0.15) is 0 Å². The highest BCUT2D eigenvalue weighted by molar-refractivity contribution is 6.62. The number of nitrogens with two attached hydrogens (primary N) is 1. The monoisotopic (exact) mass is 406 g/mol. The molecule has 1 saturated heterocycles. The van der Waals surface area contributed by atoms with Crippen molar-refractivity contribution in [1.29, 1.82) is 0 Å². The molecule has 0 aromatic heterocycles. The minimum Gasteiger partial charge on any atom is -0.399 e. The fourth-order valence-corrected chi connectivity index (χ4v) is 2.22. The van der Waals surface area contributed by atoms with Crippen LogP contribution in [0, 0.1) is 11.8 Å². The fraction of sp³-hybridized carbons (Fsp3) is 0.750. The van der Waals surface area contributed by atoms with Gasteiger partial charge >= 0.3 is 7.12 Å². The van der Waals surface area contributed by atoms with Gasteiger partial charge in [0.2, 0.25) is 0 Å². The molecule has 1 aliphatic rings. The van der Waals surface area contributed by atoms with Crippen molar-refractivity contribution in [1.82, 2.24) is 0 Å². The van der Waals surface area contributed by atoms with Gasteiger partial charge < -0.3 is 20.4 Å². The highest BCUT2D eigenvalue weighted by Gasteiger charge is 2.51. The summed E-state index contributed by atoms with van der Waals surface area (Å²) in [6.07, 6.45) is 0. The van der Waals surface area contributed by atoms with Crippen LogP contribution in [0.4, 0.5) is 11.4 Å².